The van der Waals surface area contributed by atoms with Gasteiger partial charge in [0.25, 0.3) is 0 Å². The molecule has 0 aliphatic carbocycles. The van der Waals surface area contributed by atoms with E-state index in [0.717, 1.165) is 5.56 Å². The lowest BCUT2D eigenvalue weighted by Crippen LogP contribution is -2.41. The standard InChI is InChI=1S/C22H23ClN4O3S/c23-20-9-5-4-6-18(20)16-27-21(10-13-24-27)25-22(28)17-11-14-26(15-12-17)31(29,30)19-7-2-1-3-8-19/h1-10,13,17H,11-12,14-16H2,(H,25,28). The Hall–Kier alpha value is -2.68. The number of piperidine rings is 1. The van der Waals surface area contributed by atoms with Crippen LogP contribution in [-0.4, -0.2) is 41.5 Å². The number of nitrogens with zero attached hydrogens (tertiary/aromatic N) is 3. The molecule has 0 unspecified atom stereocenters. The van der Waals surface area contributed by atoms with Crippen LogP contribution in [0.5, 0.6) is 0 Å². The Balaban J connectivity index is 1.37. The molecule has 1 aliphatic rings. The molecular weight excluding hydrogens is 436 g/mol. The number of rotatable bonds is 6. The molecular formula is C22H23ClN4O3S. The van der Waals surface area contributed by atoms with Crippen molar-refractivity contribution < 1.29 is 13.2 Å². The number of sulfonamides is 1. The van der Waals surface area contributed by atoms with Gasteiger partial charge in [0, 0.05) is 30.1 Å². The van der Waals surface area contributed by atoms with Crippen LogP contribution in [0.4, 0.5) is 5.82 Å². The predicted molar refractivity (Wildman–Crippen MR) is 119 cm³/mol. The molecule has 31 heavy (non-hydrogen) atoms. The van der Waals surface area contributed by atoms with Crippen molar-refractivity contribution in [2.24, 2.45) is 5.92 Å². The Labute approximate surface area is 186 Å². The minimum atomic E-state index is -3.53. The number of hydrogen-bond acceptors (Lipinski definition) is 4. The first-order valence-electron chi connectivity index (χ1n) is 10.1. The Morgan fingerprint density at radius 3 is 2.42 bits per heavy atom. The molecule has 0 atom stereocenters. The van der Waals surface area contributed by atoms with E-state index in [-0.39, 0.29) is 16.7 Å². The minimum Gasteiger partial charge on any atom is -0.311 e. The van der Waals surface area contributed by atoms with Gasteiger partial charge in [-0.3, -0.25) is 4.79 Å². The van der Waals surface area contributed by atoms with Crippen molar-refractivity contribution >= 4 is 33.3 Å². The smallest absolute Gasteiger partial charge is 0.243 e. The quantitative estimate of drug-likeness (QED) is 0.611. The van der Waals surface area contributed by atoms with Crippen molar-refractivity contribution in [2.75, 3.05) is 18.4 Å². The minimum absolute atomic E-state index is 0.127. The summed E-state index contributed by atoms with van der Waals surface area (Å²) in [6.07, 6.45) is 2.56. The second-order valence-electron chi connectivity index (χ2n) is 7.45. The van der Waals surface area contributed by atoms with Gasteiger partial charge in [0.15, 0.2) is 0 Å². The Kier molecular flexibility index (Phi) is 6.41. The highest BCUT2D eigenvalue weighted by atomic mass is 35.5. The normalized spacial score (nSPS) is 15.6. The zero-order valence-electron chi connectivity index (χ0n) is 16.8. The van der Waals surface area contributed by atoms with Crippen molar-refractivity contribution in [3.63, 3.8) is 0 Å². The lowest BCUT2D eigenvalue weighted by molar-refractivity contribution is -0.121. The largest absolute Gasteiger partial charge is 0.311 e. The van der Waals surface area contributed by atoms with Gasteiger partial charge < -0.3 is 5.32 Å². The van der Waals surface area contributed by atoms with E-state index in [1.807, 2.05) is 24.3 Å². The van der Waals surface area contributed by atoms with E-state index in [0.29, 0.717) is 43.3 Å². The molecule has 2 heterocycles. The van der Waals surface area contributed by atoms with E-state index in [2.05, 4.69) is 10.4 Å². The fourth-order valence-corrected chi connectivity index (χ4v) is 5.37. The molecule has 9 heteroatoms. The van der Waals surface area contributed by atoms with Gasteiger partial charge >= 0.3 is 0 Å². The lowest BCUT2D eigenvalue weighted by atomic mass is 9.97. The molecule has 1 aliphatic heterocycles. The maximum atomic E-state index is 12.8. The number of carbonyl (C=O) groups is 1. The van der Waals surface area contributed by atoms with Gasteiger partial charge in [-0.1, -0.05) is 48.0 Å². The number of amides is 1. The summed E-state index contributed by atoms with van der Waals surface area (Å²) in [5.41, 5.74) is 0.905. The van der Waals surface area contributed by atoms with Gasteiger partial charge in [-0.2, -0.15) is 9.40 Å². The lowest BCUT2D eigenvalue weighted by Gasteiger charge is -2.30. The third-order valence-electron chi connectivity index (χ3n) is 5.45. The Morgan fingerprint density at radius 1 is 1.03 bits per heavy atom. The molecule has 4 rings (SSSR count). The van der Waals surface area contributed by atoms with Gasteiger partial charge in [-0.25, -0.2) is 13.1 Å². The first-order chi connectivity index (χ1) is 14.9. The highest BCUT2D eigenvalue weighted by Crippen LogP contribution is 2.25. The maximum Gasteiger partial charge on any atom is 0.243 e. The number of benzene rings is 2. The second kappa shape index (κ2) is 9.21. The SMILES string of the molecule is O=C(Nc1ccnn1Cc1ccccc1Cl)C1CCN(S(=O)(=O)c2ccccc2)CC1. The summed E-state index contributed by atoms with van der Waals surface area (Å²) < 4.78 is 28.7. The van der Waals surface area contributed by atoms with Crippen LogP contribution in [0.1, 0.15) is 18.4 Å². The second-order valence-corrected chi connectivity index (χ2v) is 9.79. The van der Waals surface area contributed by atoms with E-state index >= 15 is 0 Å². The zero-order chi connectivity index (χ0) is 21.8. The summed E-state index contributed by atoms with van der Waals surface area (Å²) >= 11 is 6.23. The number of hydrogen-bond donors (Lipinski definition) is 1. The van der Waals surface area contributed by atoms with Gasteiger partial charge in [-0.15, -0.1) is 0 Å². The number of aromatic nitrogens is 2. The summed E-state index contributed by atoms with van der Waals surface area (Å²) in [4.78, 5) is 13.1. The van der Waals surface area contributed by atoms with Gasteiger partial charge in [0.1, 0.15) is 5.82 Å². The molecule has 3 aromatic rings. The average Bonchev–Trinajstić information content (AvgIpc) is 3.22. The van der Waals surface area contributed by atoms with Crippen molar-refractivity contribution in [3.05, 3.63) is 77.4 Å². The summed E-state index contributed by atoms with van der Waals surface area (Å²) in [5.74, 6) is 0.202. The van der Waals surface area contributed by atoms with Crippen molar-refractivity contribution in [1.29, 1.82) is 0 Å². The average molecular weight is 459 g/mol. The van der Waals surface area contributed by atoms with E-state index in [4.69, 9.17) is 11.6 Å². The molecule has 1 saturated heterocycles. The fraction of sp³-hybridized carbons (Fsp3) is 0.273. The van der Waals surface area contributed by atoms with Crippen LogP contribution in [0.2, 0.25) is 5.02 Å². The third kappa shape index (κ3) is 4.81. The number of halogens is 1. The van der Waals surface area contributed by atoms with Crippen LogP contribution in [0.3, 0.4) is 0 Å². The molecule has 0 saturated carbocycles. The molecule has 0 bridgehead atoms. The van der Waals surface area contributed by atoms with Crippen molar-refractivity contribution in [3.8, 4) is 0 Å². The van der Waals surface area contributed by atoms with E-state index in [9.17, 15) is 13.2 Å². The molecule has 2 aromatic carbocycles. The van der Waals surface area contributed by atoms with E-state index < -0.39 is 10.0 Å². The van der Waals surface area contributed by atoms with Gasteiger partial charge in [-0.05, 0) is 36.6 Å². The Bertz CT molecular complexity index is 1160. The van der Waals surface area contributed by atoms with Gasteiger partial charge in [0.05, 0.1) is 17.6 Å². The number of anilines is 1. The van der Waals surface area contributed by atoms with Crippen LogP contribution < -0.4 is 5.32 Å². The molecule has 0 radical (unpaired) electrons. The first-order valence-corrected chi connectivity index (χ1v) is 11.9. The molecule has 1 N–H and O–H groups in total. The van der Waals surface area contributed by atoms with E-state index in [1.165, 1.54) is 4.31 Å². The topological polar surface area (TPSA) is 84.3 Å². The fourth-order valence-electron chi connectivity index (χ4n) is 3.68. The summed E-state index contributed by atoms with van der Waals surface area (Å²) in [6, 6.07) is 17.6. The van der Waals surface area contributed by atoms with Crippen LogP contribution >= 0.6 is 11.6 Å². The molecule has 162 valence electrons. The predicted octanol–water partition coefficient (Wildman–Crippen LogP) is 3.62. The van der Waals surface area contributed by atoms with Crippen LogP contribution in [0.15, 0.2) is 71.8 Å². The molecule has 1 amide bonds. The zero-order valence-corrected chi connectivity index (χ0v) is 18.4. The highest BCUT2D eigenvalue weighted by Gasteiger charge is 2.32. The van der Waals surface area contributed by atoms with E-state index in [1.54, 1.807) is 47.3 Å². The summed E-state index contributed by atoms with van der Waals surface area (Å²) in [6.45, 7) is 1.07. The summed E-state index contributed by atoms with van der Waals surface area (Å²) in [7, 11) is -3.53. The number of nitrogens with one attached hydrogen (secondary N) is 1. The molecule has 1 aromatic heterocycles. The molecule has 1 fully saturated rings. The van der Waals surface area contributed by atoms with Crippen molar-refractivity contribution in [2.45, 2.75) is 24.3 Å². The Morgan fingerprint density at radius 2 is 1.71 bits per heavy atom. The van der Waals surface area contributed by atoms with Crippen molar-refractivity contribution in [1.82, 2.24) is 14.1 Å². The van der Waals surface area contributed by atoms with Crippen LogP contribution in [-0.2, 0) is 21.4 Å². The number of carbonyl (C=O) groups excluding carboxylic acids is 1. The summed E-state index contributed by atoms with van der Waals surface area (Å²) in [5, 5.41) is 7.86. The highest BCUT2D eigenvalue weighted by molar-refractivity contribution is 7.89. The molecule has 0 spiro atoms. The van der Waals surface area contributed by atoms with Crippen LogP contribution in [0.25, 0.3) is 0 Å². The third-order valence-corrected chi connectivity index (χ3v) is 7.73. The monoisotopic (exact) mass is 458 g/mol. The maximum absolute atomic E-state index is 12.8. The molecule has 7 nitrogen and oxygen atoms in total. The van der Waals surface area contributed by atoms with Gasteiger partial charge in [0.2, 0.25) is 15.9 Å². The first kappa shape index (κ1) is 21.5. The van der Waals surface area contributed by atoms with Crippen LogP contribution in [0, 0.1) is 5.92 Å².